The Kier molecular flexibility index (Phi) is 5.48. The number of hydrogen-bond donors (Lipinski definition) is 1. The molecule has 0 aliphatic heterocycles. The molecule has 0 amide bonds. The van der Waals surface area contributed by atoms with E-state index in [1.165, 1.54) is 11.3 Å². The highest BCUT2D eigenvalue weighted by molar-refractivity contribution is 7.15. The predicted octanol–water partition coefficient (Wildman–Crippen LogP) is 4.59. The first kappa shape index (κ1) is 14.2. The highest BCUT2D eigenvalue weighted by Gasteiger charge is 2.00. The molecule has 5 heteroatoms. The van der Waals surface area contributed by atoms with Crippen molar-refractivity contribution in [1.82, 2.24) is 4.98 Å². The molecule has 19 heavy (non-hydrogen) atoms. The van der Waals surface area contributed by atoms with Gasteiger partial charge in [0.1, 0.15) is 5.75 Å². The van der Waals surface area contributed by atoms with Gasteiger partial charge in [0.25, 0.3) is 0 Å². The molecule has 0 saturated heterocycles. The highest BCUT2D eigenvalue weighted by Crippen LogP contribution is 2.20. The standard InChI is InChI=1S/C14H17ClN2OS/c1-2-3-8-18-12-6-4-11(5-7-12)16-9-13-10-17-14(15)19-13/h4-7,10,16H,2-3,8-9H2,1H3. The lowest BCUT2D eigenvalue weighted by Crippen LogP contribution is -1.98. The van der Waals surface area contributed by atoms with Crippen molar-refractivity contribution in [3.05, 3.63) is 39.8 Å². The van der Waals surface area contributed by atoms with Crippen LogP contribution in [0.2, 0.25) is 4.47 Å². The van der Waals surface area contributed by atoms with E-state index in [0.717, 1.165) is 42.3 Å². The summed E-state index contributed by atoms with van der Waals surface area (Å²) in [7, 11) is 0. The molecule has 0 spiro atoms. The second kappa shape index (κ2) is 7.36. The molecule has 102 valence electrons. The Hall–Kier alpha value is -1.26. The molecule has 2 aromatic rings. The summed E-state index contributed by atoms with van der Waals surface area (Å²) in [5.41, 5.74) is 1.06. The first-order valence-corrected chi connectivity index (χ1v) is 7.54. The number of aromatic nitrogens is 1. The van der Waals surface area contributed by atoms with Crippen molar-refractivity contribution in [2.75, 3.05) is 11.9 Å². The van der Waals surface area contributed by atoms with E-state index in [2.05, 4.69) is 17.2 Å². The molecule has 0 atom stereocenters. The molecule has 0 saturated carbocycles. The summed E-state index contributed by atoms with van der Waals surface area (Å²) < 4.78 is 6.19. The van der Waals surface area contributed by atoms with E-state index in [1.54, 1.807) is 6.20 Å². The van der Waals surface area contributed by atoms with Crippen molar-refractivity contribution in [3.63, 3.8) is 0 Å². The van der Waals surface area contributed by atoms with Crippen molar-refractivity contribution in [2.45, 2.75) is 26.3 Å². The SMILES string of the molecule is CCCCOc1ccc(NCc2cnc(Cl)s2)cc1. The van der Waals surface area contributed by atoms with Crippen LogP contribution in [0.5, 0.6) is 5.75 Å². The van der Waals surface area contributed by atoms with E-state index >= 15 is 0 Å². The Labute approximate surface area is 122 Å². The van der Waals surface area contributed by atoms with Crippen LogP contribution in [0.1, 0.15) is 24.6 Å². The summed E-state index contributed by atoms with van der Waals surface area (Å²) in [5, 5.41) is 3.32. The molecule has 3 nitrogen and oxygen atoms in total. The molecule has 0 aliphatic carbocycles. The van der Waals surface area contributed by atoms with Crippen LogP contribution in [0.3, 0.4) is 0 Å². The van der Waals surface area contributed by atoms with Crippen LogP contribution in [0.25, 0.3) is 0 Å². The van der Waals surface area contributed by atoms with Gasteiger partial charge in [0, 0.05) is 16.8 Å². The molecular weight excluding hydrogens is 280 g/mol. The summed E-state index contributed by atoms with van der Waals surface area (Å²) in [6.07, 6.45) is 4.03. The minimum atomic E-state index is 0.580. The van der Waals surface area contributed by atoms with Gasteiger partial charge in [0.15, 0.2) is 4.47 Å². The van der Waals surface area contributed by atoms with Gasteiger partial charge in [0.2, 0.25) is 0 Å². The lowest BCUT2D eigenvalue weighted by atomic mass is 10.3. The fourth-order valence-electron chi connectivity index (χ4n) is 1.56. The van der Waals surface area contributed by atoms with Gasteiger partial charge in [0.05, 0.1) is 13.2 Å². The number of hydrogen-bond acceptors (Lipinski definition) is 4. The van der Waals surface area contributed by atoms with Crippen LogP contribution in [0.15, 0.2) is 30.5 Å². The number of benzene rings is 1. The van der Waals surface area contributed by atoms with Crippen LogP contribution in [0.4, 0.5) is 5.69 Å². The third-order valence-electron chi connectivity index (χ3n) is 2.61. The monoisotopic (exact) mass is 296 g/mol. The molecule has 0 unspecified atom stereocenters. The number of nitrogens with zero attached hydrogens (tertiary/aromatic N) is 1. The molecule has 0 fully saturated rings. The van der Waals surface area contributed by atoms with Crippen molar-refractivity contribution < 1.29 is 4.74 Å². The molecule has 1 N–H and O–H groups in total. The van der Waals surface area contributed by atoms with Gasteiger partial charge in [-0.2, -0.15) is 0 Å². The average Bonchev–Trinajstić information content (AvgIpc) is 2.84. The van der Waals surface area contributed by atoms with Gasteiger partial charge >= 0.3 is 0 Å². The van der Waals surface area contributed by atoms with Gasteiger partial charge in [-0.3, -0.25) is 0 Å². The van der Waals surface area contributed by atoms with Crippen LogP contribution in [-0.2, 0) is 6.54 Å². The molecule has 0 bridgehead atoms. The second-order valence-electron chi connectivity index (χ2n) is 4.16. The largest absolute Gasteiger partial charge is 0.494 e. The maximum atomic E-state index is 5.79. The van der Waals surface area contributed by atoms with E-state index in [1.807, 2.05) is 24.3 Å². The second-order valence-corrected chi connectivity index (χ2v) is 5.86. The molecule has 2 rings (SSSR count). The number of nitrogens with one attached hydrogen (secondary N) is 1. The Morgan fingerprint density at radius 1 is 1.32 bits per heavy atom. The molecule has 1 heterocycles. The van der Waals surface area contributed by atoms with Crippen molar-refractivity contribution in [1.29, 1.82) is 0 Å². The van der Waals surface area contributed by atoms with Crippen molar-refractivity contribution in [3.8, 4) is 5.75 Å². The zero-order chi connectivity index (χ0) is 13.5. The van der Waals surface area contributed by atoms with E-state index in [9.17, 15) is 0 Å². The Morgan fingerprint density at radius 2 is 2.11 bits per heavy atom. The van der Waals surface area contributed by atoms with Gasteiger partial charge < -0.3 is 10.1 Å². The first-order chi connectivity index (χ1) is 9.28. The van der Waals surface area contributed by atoms with E-state index in [4.69, 9.17) is 16.3 Å². The summed E-state index contributed by atoms with van der Waals surface area (Å²) in [4.78, 5) is 5.13. The summed E-state index contributed by atoms with van der Waals surface area (Å²) in [5.74, 6) is 0.917. The summed E-state index contributed by atoms with van der Waals surface area (Å²) in [6.45, 7) is 3.67. The van der Waals surface area contributed by atoms with Crippen LogP contribution < -0.4 is 10.1 Å². The first-order valence-electron chi connectivity index (χ1n) is 6.35. The molecular formula is C14H17ClN2OS. The third-order valence-corrected chi connectivity index (χ3v) is 3.73. The number of unbranched alkanes of at least 4 members (excludes halogenated alkanes) is 1. The van der Waals surface area contributed by atoms with E-state index in [0.29, 0.717) is 4.47 Å². The lowest BCUT2D eigenvalue weighted by molar-refractivity contribution is 0.309. The number of anilines is 1. The minimum Gasteiger partial charge on any atom is -0.494 e. The average molecular weight is 297 g/mol. The number of ether oxygens (including phenoxy) is 1. The molecule has 1 aromatic carbocycles. The fraction of sp³-hybridized carbons (Fsp3) is 0.357. The number of thiazole rings is 1. The smallest absolute Gasteiger partial charge is 0.183 e. The van der Waals surface area contributed by atoms with Crippen molar-refractivity contribution in [2.24, 2.45) is 0 Å². The maximum absolute atomic E-state index is 5.79. The zero-order valence-electron chi connectivity index (χ0n) is 10.9. The van der Waals surface area contributed by atoms with Gasteiger partial charge in [-0.1, -0.05) is 24.9 Å². The number of halogens is 1. The summed E-state index contributed by atoms with van der Waals surface area (Å²) in [6, 6.07) is 8.00. The molecule has 0 radical (unpaired) electrons. The molecule has 0 aliphatic rings. The van der Waals surface area contributed by atoms with Gasteiger partial charge in [-0.05, 0) is 30.7 Å². The maximum Gasteiger partial charge on any atom is 0.183 e. The number of rotatable bonds is 7. The van der Waals surface area contributed by atoms with Gasteiger partial charge in [-0.25, -0.2) is 4.98 Å². The molecule has 1 aromatic heterocycles. The van der Waals surface area contributed by atoms with Crippen LogP contribution in [-0.4, -0.2) is 11.6 Å². The summed E-state index contributed by atoms with van der Waals surface area (Å²) >= 11 is 7.28. The lowest BCUT2D eigenvalue weighted by Gasteiger charge is -2.07. The topological polar surface area (TPSA) is 34.1 Å². The Morgan fingerprint density at radius 3 is 2.74 bits per heavy atom. The van der Waals surface area contributed by atoms with Crippen LogP contribution >= 0.6 is 22.9 Å². The third kappa shape index (κ3) is 4.73. The normalized spacial score (nSPS) is 10.4. The van der Waals surface area contributed by atoms with Gasteiger partial charge in [-0.15, -0.1) is 11.3 Å². The van der Waals surface area contributed by atoms with E-state index in [-0.39, 0.29) is 0 Å². The Bertz CT molecular complexity index is 498. The predicted molar refractivity (Wildman–Crippen MR) is 81.3 cm³/mol. The quantitative estimate of drug-likeness (QED) is 0.759. The zero-order valence-corrected chi connectivity index (χ0v) is 12.4. The minimum absolute atomic E-state index is 0.580. The van der Waals surface area contributed by atoms with E-state index < -0.39 is 0 Å². The fourth-order valence-corrected chi connectivity index (χ4v) is 2.48. The highest BCUT2D eigenvalue weighted by atomic mass is 35.5. The Balaban J connectivity index is 1.81. The van der Waals surface area contributed by atoms with Crippen molar-refractivity contribution >= 4 is 28.6 Å². The van der Waals surface area contributed by atoms with Crippen LogP contribution in [0, 0.1) is 0 Å².